The molecule has 2 fully saturated rings. The quantitative estimate of drug-likeness (QED) is 0.664. The van der Waals surface area contributed by atoms with Gasteiger partial charge in [0.25, 0.3) is 0 Å². The molecule has 2 saturated heterocycles. The molecule has 7 nitrogen and oxygen atoms in total. The Hall–Kier alpha value is -1.31. The summed E-state index contributed by atoms with van der Waals surface area (Å²) in [5, 5.41) is 2.81. The zero-order valence-corrected chi connectivity index (χ0v) is 11.8. The van der Waals surface area contributed by atoms with Gasteiger partial charge < -0.3 is 15.1 Å². The number of sulfone groups is 1. The Kier molecular flexibility index (Phi) is 3.71. The van der Waals surface area contributed by atoms with Gasteiger partial charge >= 0.3 is 6.03 Å². The summed E-state index contributed by atoms with van der Waals surface area (Å²) >= 11 is 0. The van der Waals surface area contributed by atoms with Gasteiger partial charge in [0.15, 0.2) is 9.84 Å². The molecule has 0 bridgehead atoms. The molecule has 1 atom stereocenters. The zero-order chi connectivity index (χ0) is 14.1. The normalized spacial score (nSPS) is 30.2. The molecule has 0 aromatic carbocycles. The molecule has 0 unspecified atom stereocenters. The SMILES string of the molecule is C[C@@]1(NC(=O)N2CCN(C=O)CC2)CCS(=O)(=O)C1. The van der Waals surface area contributed by atoms with Gasteiger partial charge in [-0.2, -0.15) is 0 Å². The summed E-state index contributed by atoms with van der Waals surface area (Å²) in [7, 11) is -3.03. The molecule has 1 N–H and O–H groups in total. The maximum Gasteiger partial charge on any atom is 0.317 e. The minimum atomic E-state index is -3.03. The largest absolute Gasteiger partial charge is 0.342 e. The molecule has 2 aliphatic heterocycles. The molecule has 2 aliphatic rings. The van der Waals surface area contributed by atoms with Crippen LogP contribution in [0.25, 0.3) is 0 Å². The van der Waals surface area contributed by atoms with E-state index in [1.165, 1.54) is 0 Å². The average molecular weight is 289 g/mol. The molecule has 2 rings (SSSR count). The van der Waals surface area contributed by atoms with Crippen LogP contribution < -0.4 is 5.32 Å². The number of rotatable bonds is 2. The number of urea groups is 1. The Morgan fingerprint density at radius 3 is 2.37 bits per heavy atom. The number of piperazine rings is 1. The van der Waals surface area contributed by atoms with E-state index in [1.807, 2.05) is 0 Å². The Labute approximate surface area is 112 Å². The van der Waals surface area contributed by atoms with E-state index in [9.17, 15) is 18.0 Å². The summed E-state index contributed by atoms with van der Waals surface area (Å²) in [6, 6.07) is -0.245. The molecule has 0 aromatic rings. The van der Waals surface area contributed by atoms with E-state index >= 15 is 0 Å². The van der Waals surface area contributed by atoms with Gasteiger partial charge in [0.2, 0.25) is 6.41 Å². The molecular formula is C11H19N3O4S. The van der Waals surface area contributed by atoms with Crippen LogP contribution in [-0.4, -0.2) is 73.9 Å². The number of nitrogens with zero attached hydrogens (tertiary/aromatic N) is 2. The Morgan fingerprint density at radius 1 is 1.26 bits per heavy atom. The maximum absolute atomic E-state index is 12.1. The first-order valence-corrected chi connectivity index (χ1v) is 8.13. The molecule has 0 aliphatic carbocycles. The lowest BCUT2D eigenvalue weighted by Crippen LogP contribution is -2.56. The van der Waals surface area contributed by atoms with Crippen molar-refractivity contribution < 1.29 is 18.0 Å². The van der Waals surface area contributed by atoms with Gasteiger partial charge in [-0.05, 0) is 13.3 Å². The van der Waals surface area contributed by atoms with Crippen molar-refractivity contribution in [1.82, 2.24) is 15.1 Å². The number of carbonyl (C=O) groups excluding carboxylic acids is 2. The molecular weight excluding hydrogens is 270 g/mol. The summed E-state index contributed by atoms with van der Waals surface area (Å²) in [5.74, 6) is 0.128. The van der Waals surface area contributed by atoms with E-state index in [1.54, 1.807) is 16.7 Å². The van der Waals surface area contributed by atoms with Crippen LogP contribution in [0.2, 0.25) is 0 Å². The van der Waals surface area contributed by atoms with Crippen molar-refractivity contribution in [3.05, 3.63) is 0 Å². The Balaban J connectivity index is 1.90. The van der Waals surface area contributed by atoms with Gasteiger partial charge in [0.1, 0.15) is 0 Å². The fourth-order valence-corrected chi connectivity index (χ4v) is 4.57. The Morgan fingerprint density at radius 2 is 1.89 bits per heavy atom. The fourth-order valence-electron chi connectivity index (χ4n) is 2.48. The van der Waals surface area contributed by atoms with Crippen LogP contribution in [0.15, 0.2) is 0 Å². The van der Waals surface area contributed by atoms with E-state index in [-0.39, 0.29) is 17.5 Å². The monoisotopic (exact) mass is 289 g/mol. The highest BCUT2D eigenvalue weighted by atomic mass is 32.2. The highest BCUT2D eigenvalue weighted by Gasteiger charge is 2.40. The summed E-state index contributed by atoms with van der Waals surface area (Å²) in [6.07, 6.45) is 1.23. The number of amides is 3. The predicted octanol–water partition coefficient (Wildman–Crippen LogP) is -0.953. The van der Waals surface area contributed by atoms with Gasteiger partial charge in [-0.15, -0.1) is 0 Å². The Bertz CT molecular complexity index is 470. The van der Waals surface area contributed by atoms with Crippen molar-refractivity contribution >= 4 is 22.3 Å². The van der Waals surface area contributed by atoms with Crippen LogP contribution in [0.1, 0.15) is 13.3 Å². The van der Waals surface area contributed by atoms with Gasteiger partial charge in [-0.3, -0.25) is 4.79 Å². The molecule has 2 heterocycles. The van der Waals surface area contributed by atoms with E-state index in [2.05, 4.69) is 5.32 Å². The van der Waals surface area contributed by atoms with Gasteiger partial charge in [-0.25, -0.2) is 13.2 Å². The van der Waals surface area contributed by atoms with Crippen molar-refractivity contribution in [3.8, 4) is 0 Å². The second kappa shape index (κ2) is 4.99. The number of carbonyl (C=O) groups is 2. The first-order valence-electron chi connectivity index (χ1n) is 6.30. The second-order valence-electron chi connectivity index (χ2n) is 5.46. The molecule has 0 saturated carbocycles. The molecule has 0 aromatic heterocycles. The second-order valence-corrected chi connectivity index (χ2v) is 7.65. The lowest BCUT2D eigenvalue weighted by atomic mass is 10.0. The van der Waals surface area contributed by atoms with E-state index in [4.69, 9.17) is 0 Å². The van der Waals surface area contributed by atoms with Crippen molar-refractivity contribution in [2.45, 2.75) is 18.9 Å². The van der Waals surface area contributed by atoms with Crippen molar-refractivity contribution in [2.75, 3.05) is 37.7 Å². The third kappa shape index (κ3) is 3.37. The molecule has 3 amide bonds. The fraction of sp³-hybridized carbons (Fsp3) is 0.818. The van der Waals surface area contributed by atoms with E-state index < -0.39 is 15.4 Å². The molecule has 108 valence electrons. The summed E-state index contributed by atoms with van der Waals surface area (Å²) in [6.45, 7) is 3.76. The summed E-state index contributed by atoms with van der Waals surface area (Å²) in [4.78, 5) is 25.9. The lowest BCUT2D eigenvalue weighted by molar-refractivity contribution is -0.119. The number of hydrogen-bond acceptors (Lipinski definition) is 4. The third-order valence-corrected chi connectivity index (χ3v) is 5.57. The smallest absolute Gasteiger partial charge is 0.317 e. The van der Waals surface area contributed by atoms with Crippen LogP contribution in [-0.2, 0) is 14.6 Å². The lowest BCUT2D eigenvalue weighted by Gasteiger charge is -2.35. The predicted molar refractivity (Wildman–Crippen MR) is 69.4 cm³/mol. The summed E-state index contributed by atoms with van der Waals surface area (Å²) < 4.78 is 23.0. The van der Waals surface area contributed by atoms with Crippen LogP contribution in [0.3, 0.4) is 0 Å². The first-order chi connectivity index (χ1) is 8.84. The first kappa shape index (κ1) is 14.1. The van der Waals surface area contributed by atoms with Crippen molar-refractivity contribution in [1.29, 1.82) is 0 Å². The number of nitrogens with one attached hydrogen (secondary N) is 1. The molecule has 19 heavy (non-hydrogen) atoms. The summed E-state index contributed by atoms with van der Waals surface area (Å²) in [5.41, 5.74) is -0.669. The minimum absolute atomic E-state index is 0.0000424. The van der Waals surface area contributed by atoms with Gasteiger partial charge in [0, 0.05) is 26.2 Å². The highest BCUT2D eigenvalue weighted by Crippen LogP contribution is 2.23. The van der Waals surface area contributed by atoms with Crippen molar-refractivity contribution in [3.63, 3.8) is 0 Å². The maximum atomic E-state index is 12.1. The van der Waals surface area contributed by atoms with Crippen molar-refractivity contribution in [2.24, 2.45) is 0 Å². The van der Waals surface area contributed by atoms with Crippen LogP contribution in [0, 0.1) is 0 Å². The number of hydrogen-bond donors (Lipinski definition) is 1. The standard InChI is InChI=1S/C11H19N3O4S/c1-11(2-7-19(17,18)8-11)12-10(16)14-5-3-13(9-15)4-6-14/h9H,2-8H2,1H3,(H,12,16)/t11-/m1/s1. The molecule has 0 spiro atoms. The minimum Gasteiger partial charge on any atom is -0.342 e. The molecule has 0 radical (unpaired) electrons. The van der Waals surface area contributed by atoms with Crippen LogP contribution in [0.5, 0.6) is 0 Å². The highest BCUT2D eigenvalue weighted by molar-refractivity contribution is 7.91. The van der Waals surface area contributed by atoms with Crippen LogP contribution in [0.4, 0.5) is 4.79 Å². The van der Waals surface area contributed by atoms with E-state index in [0.29, 0.717) is 32.6 Å². The van der Waals surface area contributed by atoms with E-state index in [0.717, 1.165) is 6.41 Å². The zero-order valence-electron chi connectivity index (χ0n) is 11.0. The van der Waals surface area contributed by atoms with Gasteiger partial charge in [0.05, 0.1) is 17.0 Å². The van der Waals surface area contributed by atoms with Crippen LogP contribution >= 0.6 is 0 Å². The van der Waals surface area contributed by atoms with Gasteiger partial charge in [-0.1, -0.05) is 0 Å². The third-order valence-electron chi connectivity index (χ3n) is 3.66. The molecule has 8 heteroatoms. The topological polar surface area (TPSA) is 86.8 Å². The average Bonchev–Trinajstić information content (AvgIpc) is 2.63.